The van der Waals surface area contributed by atoms with Gasteiger partial charge in [0.25, 0.3) is 0 Å². The van der Waals surface area contributed by atoms with E-state index in [2.05, 4.69) is 35.2 Å². The monoisotopic (exact) mass is 215 g/mol. The lowest BCUT2D eigenvalue weighted by molar-refractivity contribution is 0.949. The van der Waals surface area contributed by atoms with E-state index >= 15 is 0 Å². The molecule has 1 aromatic carbocycles. The van der Waals surface area contributed by atoms with Crippen LogP contribution < -0.4 is 9.80 Å². The van der Waals surface area contributed by atoms with Gasteiger partial charge in [0, 0.05) is 31.5 Å². The Kier molecular flexibility index (Phi) is 3.31. The second kappa shape index (κ2) is 4.89. The van der Waals surface area contributed by atoms with Gasteiger partial charge in [-0.25, -0.2) is 0 Å². The lowest BCUT2D eigenvalue weighted by Gasteiger charge is -2.20. The summed E-state index contributed by atoms with van der Waals surface area (Å²) in [5, 5.41) is 8.63. The van der Waals surface area contributed by atoms with Crippen LogP contribution in [0.5, 0.6) is 0 Å². The number of nitriles is 1. The van der Waals surface area contributed by atoms with Crippen LogP contribution in [0.3, 0.4) is 0 Å². The molecular formula is C13H17N3. The van der Waals surface area contributed by atoms with Crippen molar-refractivity contribution in [1.82, 2.24) is 0 Å². The van der Waals surface area contributed by atoms with Crippen LogP contribution >= 0.6 is 0 Å². The van der Waals surface area contributed by atoms with Gasteiger partial charge in [-0.3, -0.25) is 0 Å². The Morgan fingerprint density at radius 1 is 1.25 bits per heavy atom. The van der Waals surface area contributed by atoms with E-state index < -0.39 is 0 Å². The average molecular weight is 215 g/mol. The first-order valence-electron chi connectivity index (χ1n) is 5.74. The van der Waals surface area contributed by atoms with Gasteiger partial charge in [-0.05, 0) is 37.1 Å². The maximum absolute atomic E-state index is 8.63. The van der Waals surface area contributed by atoms with Crippen molar-refractivity contribution in [3.63, 3.8) is 0 Å². The van der Waals surface area contributed by atoms with E-state index in [1.54, 1.807) is 0 Å². The van der Waals surface area contributed by atoms with Crippen LogP contribution in [-0.2, 0) is 0 Å². The molecule has 3 heteroatoms. The van der Waals surface area contributed by atoms with Crippen LogP contribution in [0, 0.1) is 11.3 Å². The van der Waals surface area contributed by atoms with E-state index in [1.165, 1.54) is 31.6 Å². The molecule has 0 atom stereocenters. The molecule has 2 rings (SSSR count). The molecule has 1 heterocycles. The molecule has 1 aliphatic rings. The standard InChI is InChI=1S/C13H17N3/c1-15(11-8-14)12-4-6-13(7-5-12)16-9-2-3-10-16/h4-7H,2-3,9-11H2,1H3. The van der Waals surface area contributed by atoms with E-state index in [0.29, 0.717) is 6.54 Å². The van der Waals surface area contributed by atoms with Crippen LogP contribution in [0.25, 0.3) is 0 Å². The first kappa shape index (κ1) is 10.8. The second-order valence-corrected chi connectivity index (χ2v) is 4.22. The summed E-state index contributed by atoms with van der Waals surface area (Å²) in [5.74, 6) is 0. The minimum Gasteiger partial charge on any atom is -0.372 e. The first-order chi connectivity index (χ1) is 7.81. The highest BCUT2D eigenvalue weighted by Crippen LogP contribution is 2.23. The first-order valence-corrected chi connectivity index (χ1v) is 5.74. The Balaban J connectivity index is 2.07. The number of nitrogens with zero attached hydrogens (tertiary/aromatic N) is 3. The minimum atomic E-state index is 0.434. The smallest absolute Gasteiger partial charge is 0.105 e. The molecule has 3 nitrogen and oxygen atoms in total. The van der Waals surface area contributed by atoms with Gasteiger partial charge in [-0.2, -0.15) is 5.26 Å². The molecule has 0 spiro atoms. The normalized spacial score (nSPS) is 14.9. The van der Waals surface area contributed by atoms with Crippen LogP contribution in [0.4, 0.5) is 11.4 Å². The maximum Gasteiger partial charge on any atom is 0.105 e. The summed E-state index contributed by atoms with van der Waals surface area (Å²) in [4.78, 5) is 4.36. The third kappa shape index (κ3) is 2.27. The number of rotatable bonds is 3. The number of benzene rings is 1. The molecule has 1 aliphatic heterocycles. The third-order valence-electron chi connectivity index (χ3n) is 3.07. The highest BCUT2D eigenvalue weighted by Gasteiger charge is 2.11. The van der Waals surface area contributed by atoms with Crippen molar-refractivity contribution >= 4 is 11.4 Å². The molecule has 1 aromatic rings. The Morgan fingerprint density at radius 3 is 2.44 bits per heavy atom. The van der Waals surface area contributed by atoms with E-state index in [0.717, 1.165) is 5.69 Å². The van der Waals surface area contributed by atoms with Gasteiger partial charge in [0.05, 0.1) is 6.07 Å². The maximum atomic E-state index is 8.63. The van der Waals surface area contributed by atoms with Crippen LogP contribution in [-0.4, -0.2) is 26.7 Å². The fourth-order valence-electron chi connectivity index (χ4n) is 2.09. The molecule has 0 N–H and O–H groups in total. The molecule has 0 bridgehead atoms. The second-order valence-electron chi connectivity index (χ2n) is 4.22. The van der Waals surface area contributed by atoms with Crippen molar-refractivity contribution in [1.29, 1.82) is 5.26 Å². The Labute approximate surface area is 96.9 Å². The van der Waals surface area contributed by atoms with Gasteiger partial charge in [0.2, 0.25) is 0 Å². The fourth-order valence-corrected chi connectivity index (χ4v) is 2.09. The highest BCUT2D eigenvalue weighted by molar-refractivity contribution is 5.56. The van der Waals surface area contributed by atoms with Crippen molar-refractivity contribution in [2.75, 3.05) is 36.5 Å². The summed E-state index contributed by atoms with van der Waals surface area (Å²) in [6.45, 7) is 2.78. The van der Waals surface area contributed by atoms with Crippen LogP contribution in [0.2, 0.25) is 0 Å². The molecular weight excluding hydrogens is 198 g/mol. The largest absolute Gasteiger partial charge is 0.372 e. The minimum absolute atomic E-state index is 0.434. The zero-order chi connectivity index (χ0) is 11.4. The number of hydrogen-bond acceptors (Lipinski definition) is 3. The topological polar surface area (TPSA) is 30.3 Å². The Hall–Kier alpha value is -1.69. The van der Waals surface area contributed by atoms with Gasteiger partial charge < -0.3 is 9.80 Å². The summed E-state index contributed by atoms with van der Waals surface area (Å²) in [6, 6.07) is 10.6. The molecule has 0 unspecified atom stereocenters. The lowest BCUT2D eigenvalue weighted by Crippen LogP contribution is -2.19. The van der Waals surface area contributed by atoms with Crippen molar-refractivity contribution < 1.29 is 0 Å². The predicted molar refractivity (Wildman–Crippen MR) is 66.8 cm³/mol. The van der Waals surface area contributed by atoms with Crippen molar-refractivity contribution in [2.24, 2.45) is 0 Å². The van der Waals surface area contributed by atoms with Gasteiger partial charge >= 0.3 is 0 Å². The quantitative estimate of drug-likeness (QED) is 0.724. The molecule has 0 aliphatic carbocycles. The number of anilines is 2. The summed E-state index contributed by atoms with van der Waals surface area (Å²) >= 11 is 0. The molecule has 0 radical (unpaired) electrons. The van der Waals surface area contributed by atoms with E-state index in [4.69, 9.17) is 5.26 Å². The molecule has 1 saturated heterocycles. The summed E-state index contributed by atoms with van der Waals surface area (Å²) in [5.41, 5.74) is 2.40. The van der Waals surface area contributed by atoms with E-state index in [9.17, 15) is 0 Å². The predicted octanol–water partition coefficient (Wildman–Crippen LogP) is 2.25. The van der Waals surface area contributed by atoms with Crippen LogP contribution in [0.1, 0.15) is 12.8 Å². The molecule has 0 amide bonds. The summed E-state index contributed by atoms with van der Waals surface area (Å²) in [6.07, 6.45) is 2.60. The zero-order valence-electron chi connectivity index (χ0n) is 9.69. The summed E-state index contributed by atoms with van der Waals surface area (Å²) < 4.78 is 0. The van der Waals surface area contributed by atoms with Gasteiger partial charge in [-0.15, -0.1) is 0 Å². The fraction of sp³-hybridized carbons (Fsp3) is 0.462. The van der Waals surface area contributed by atoms with E-state index in [1.807, 2.05) is 11.9 Å². The van der Waals surface area contributed by atoms with Crippen molar-refractivity contribution in [3.8, 4) is 6.07 Å². The van der Waals surface area contributed by atoms with Crippen LogP contribution in [0.15, 0.2) is 24.3 Å². The summed E-state index contributed by atoms with van der Waals surface area (Å²) in [7, 11) is 1.94. The van der Waals surface area contributed by atoms with E-state index in [-0.39, 0.29) is 0 Å². The third-order valence-corrected chi connectivity index (χ3v) is 3.07. The van der Waals surface area contributed by atoms with Gasteiger partial charge in [-0.1, -0.05) is 0 Å². The molecule has 84 valence electrons. The Bertz CT molecular complexity index is 371. The highest BCUT2D eigenvalue weighted by atomic mass is 15.1. The average Bonchev–Trinajstić information content (AvgIpc) is 2.83. The van der Waals surface area contributed by atoms with Crippen molar-refractivity contribution in [3.05, 3.63) is 24.3 Å². The zero-order valence-corrected chi connectivity index (χ0v) is 9.69. The molecule has 0 aromatic heterocycles. The molecule has 16 heavy (non-hydrogen) atoms. The van der Waals surface area contributed by atoms with Gasteiger partial charge in [0.15, 0.2) is 0 Å². The lowest BCUT2D eigenvalue weighted by atomic mass is 10.2. The number of hydrogen-bond donors (Lipinski definition) is 0. The molecule has 1 fully saturated rings. The SMILES string of the molecule is CN(CC#N)c1ccc(N2CCCC2)cc1. The Morgan fingerprint density at radius 2 is 1.88 bits per heavy atom. The van der Waals surface area contributed by atoms with Gasteiger partial charge in [0.1, 0.15) is 6.54 Å². The molecule has 0 saturated carbocycles. The van der Waals surface area contributed by atoms with Crippen molar-refractivity contribution in [2.45, 2.75) is 12.8 Å².